The van der Waals surface area contributed by atoms with E-state index in [2.05, 4.69) is 4.98 Å². The lowest BCUT2D eigenvalue weighted by Gasteiger charge is -2.31. The van der Waals surface area contributed by atoms with Gasteiger partial charge in [-0.3, -0.25) is 14.3 Å². The van der Waals surface area contributed by atoms with Crippen LogP contribution in [0.2, 0.25) is 10.0 Å². The van der Waals surface area contributed by atoms with Crippen molar-refractivity contribution in [3.05, 3.63) is 62.8 Å². The van der Waals surface area contributed by atoms with Crippen LogP contribution in [0.25, 0.3) is 5.70 Å². The van der Waals surface area contributed by atoms with Gasteiger partial charge in [-0.05, 0) is 32.1 Å². The molecule has 1 aliphatic rings. The molecule has 3 rings (SSSR count). The second-order valence-electron chi connectivity index (χ2n) is 5.29. The lowest BCUT2D eigenvalue weighted by Crippen LogP contribution is -2.32. The number of hydrogen-bond acceptors (Lipinski definition) is 3. The fourth-order valence-corrected chi connectivity index (χ4v) is 2.76. The molecular formula is C15H12Cl2N2O2. The summed E-state index contributed by atoms with van der Waals surface area (Å²) in [5.74, 6) is 0.614. The molecule has 0 radical (unpaired) electrons. The van der Waals surface area contributed by atoms with Gasteiger partial charge in [0.15, 0.2) is 0 Å². The lowest BCUT2D eigenvalue weighted by atomic mass is 10.00. The molecule has 0 unspecified atom stereocenters. The maximum atomic E-state index is 12.3. The smallest absolute Gasteiger partial charge is 0.273 e. The van der Waals surface area contributed by atoms with E-state index in [-0.39, 0.29) is 10.6 Å². The van der Waals surface area contributed by atoms with E-state index in [0.29, 0.717) is 16.5 Å². The van der Waals surface area contributed by atoms with Crippen LogP contribution < -0.4 is 10.3 Å². The predicted molar refractivity (Wildman–Crippen MR) is 83.0 cm³/mol. The molecule has 2 aromatic rings. The Kier molecular flexibility index (Phi) is 3.30. The molecule has 0 N–H and O–H groups in total. The van der Waals surface area contributed by atoms with Gasteiger partial charge in [-0.1, -0.05) is 23.2 Å². The highest BCUT2D eigenvalue weighted by molar-refractivity contribution is 6.34. The van der Waals surface area contributed by atoms with Gasteiger partial charge in [0.25, 0.3) is 5.56 Å². The number of nitrogens with zero attached hydrogens (tertiary/aromatic N) is 2. The Morgan fingerprint density at radius 2 is 2.10 bits per heavy atom. The van der Waals surface area contributed by atoms with Gasteiger partial charge in [-0.25, -0.2) is 0 Å². The van der Waals surface area contributed by atoms with Gasteiger partial charge in [-0.15, -0.1) is 0 Å². The van der Waals surface area contributed by atoms with Crippen LogP contribution in [0.15, 0.2) is 41.6 Å². The Balaban J connectivity index is 2.30. The molecule has 0 aliphatic carbocycles. The third-order valence-corrected chi connectivity index (χ3v) is 3.59. The fourth-order valence-electron chi connectivity index (χ4n) is 2.29. The first kappa shape index (κ1) is 14.2. The first-order chi connectivity index (χ1) is 9.87. The molecule has 0 spiro atoms. The van der Waals surface area contributed by atoms with Crippen LogP contribution in [-0.4, -0.2) is 15.2 Å². The van der Waals surface area contributed by atoms with Gasteiger partial charge in [-0.2, -0.15) is 0 Å². The summed E-state index contributed by atoms with van der Waals surface area (Å²) in [5, 5.41) is 0.462. The van der Waals surface area contributed by atoms with Crippen molar-refractivity contribution in [1.29, 1.82) is 0 Å². The number of halogens is 2. The molecule has 0 aromatic carbocycles. The summed E-state index contributed by atoms with van der Waals surface area (Å²) >= 11 is 12.0. The molecule has 2 aromatic heterocycles. The third-order valence-electron chi connectivity index (χ3n) is 3.12. The van der Waals surface area contributed by atoms with E-state index in [9.17, 15) is 4.79 Å². The van der Waals surface area contributed by atoms with Crippen molar-refractivity contribution in [1.82, 2.24) is 9.55 Å². The van der Waals surface area contributed by atoms with Crippen LogP contribution in [0, 0.1) is 0 Å². The molecule has 4 nitrogen and oxygen atoms in total. The predicted octanol–water partition coefficient (Wildman–Crippen LogP) is 3.61. The zero-order chi connectivity index (χ0) is 15.2. The van der Waals surface area contributed by atoms with Crippen molar-refractivity contribution in [2.75, 3.05) is 0 Å². The highest BCUT2D eigenvalue weighted by Gasteiger charge is 2.28. The molecule has 108 valence electrons. The fraction of sp³-hybridized carbons (Fsp3) is 0.200. The van der Waals surface area contributed by atoms with E-state index in [1.807, 2.05) is 19.9 Å². The first-order valence-electron chi connectivity index (χ1n) is 6.32. The number of pyridine rings is 2. The normalized spacial score (nSPS) is 15.9. The minimum absolute atomic E-state index is 0.0725. The Morgan fingerprint density at radius 3 is 2.86 bits per heavy atom. The average molecular weight is 323 g/mol. The minimum Gasteiger partial charge on any atom is -0.481 e. The van der Waals surface area contributed by atoms with Gasteiger partial charge in [0.2, 0.25) is 0 Å². The molecule has 3 heterocycles. The molecule has 0 atom stereocenters. The molecule has 0 saturated heterocycles. The summed E-state index contributed by atoms with van der Waals surface area (Å²) in [7, 11) is 0. The first-order valence-corrected chi connectivity index (χ1v) is 7.07. The van der Waals surface area contributed by atoms with Crippen molar-refractivity contribution in [3.63, 3.8) is 0 Å². The average Bonchev–Trinajstić information content (AvgIpc) is 2.41. The van der Waals surface area contributed by atoms with Crippen molar-refractivity contribution in [2.24, 2.45) is 0 Å². The number of hydrogen-bond donors (Lipinski definition) is 0. The van der Waals surface area contributed by atoms with Gasteiger partial charge >= 0.3 is 0 Å². The van der Waals surface area contributed by atoms with Gasteiger partial charge in [0.1, 0.15) is 16.4 Å². The molecule has 0 bridgehead atoms. The lowest BCUT2D eigenvalue weighted by molar-refractivity contribution is 0.156. The second-order valence-corrected chi connectivity index (χ2v) is 6.13. The molecule has 1 aliphatic heterocycles. The van der Waals surface area contributed by atoms with Crippen molar-refractivity contribution < 1.29 is 4.74 Å². The summed E-state index contributed by atoms with van der Waals surface area (Å²) in [5.41, 5.74) is 0.551. The van der Waals surface area contributed by atoms with E-state index < -0.39 is 5.60 Å². The molecular weight excluding hydrogens is 311 g/mol. The monoisotopic (exact) mass is 322 g/mol. The van der Waals surface area contributed by atoms with E-state index in [0.717, 1.165) is 5.56 Å². The second kappa shape index (κ2) is 4.90. The van der Waals surface area contributed by atoms with Crippen LogP contribution in [0.5, 0.6) is 5.75 Å². The van der Waals surface area contributed by atoms with Gasteiger partial charge < -0.3 is 4.74 Å². The minimum atomic E-state index is -0.570. The maximum Gasteiger partial charge on any atom is 0.273 e. The Hall–Kier alpha value is -1.78. The molecule has 0 amide bonds. The number of aromatic nitrogens is 2. The van der Waals surface area contributed by atoms with Crippen LogP contribution in [0.1, 0.15) is 19.4 Å². The molecule has 0 fully saturated rings. The van der Waals surface area contributed by atoms with Crippen molar-refractivity contribution in [2.45, 2.75) is 19.4 Å². The van der Waals surface area contributed by atoms with Gasteiger partial charge in [0.05, 0.1) is 16.9 Å². The van der Waals surface area contributed by atoms with E-state index >= 15 is 0 Å². The number of fused-ring (bicyclic) bond motifs is 1. The zero-order valence-corrected chi connectivity index (χ0v) is 12.9. The van der Waals surface area contributed by atoms with Crippen molar-refractivity contribution >= 4 is 28.9 Å². The third kappa shape index (κ3) is 2.57. The van der Waals surface area contributed by atoms with E-state index in [4.69, 9.17) is 27.9 Å². The Labute approximate surface area is 131 Å². The van der Waals surface area contributed by atoms with E-state index in [1.54, 1.807) is 24.7 Å². The maximum absolute atomic E-state index is 12.3. The molecule has 21 heavy (non-hydrogen) atoms. The largest absolute Gasteiger partial charge is 0.481 e. The van der Waals surface area contributed by atoms with Crippen LogP contribution in [0.4, 0.5) is 0 Å². The SMILES string of the molecule is CC1(C)C=C(n2cc(Cl)cc(Cl)c2=O)c2ccncc2O1. The topological polar surface area (TPSA) is 44.1 Å². The summed E-state index contributed by atoms with van der Waals surface area (Å²) in [6.07, 6.45) is 6.68. The summed E-state index contributed by atoms with van der Waals surface area (Å²) in [6.45, 7) is 3.81. The van der Waals surface area contributed by atoms with Crippen LogP contribution in [0.3, 0.4) is 0 Å². The Bertz CT molecular complexity index is 810. The Morgan fingerprint density at radius 1 is 1.33 bits per heavy atom. The van der Waals surface area contributed by atoms with E-state index in [1.165, 1.54) is 10.6 Å². The summed E-state index contributed by atoms with van der Waals surface area (Å²) in [4.78, 5) is 16.4. The summed E-state index contributed by atoms with van der Waals surface area (Å²) < 4.78 is 7.29. The molecule has 6 heteroatoms. The summed E-state index contributed by atoms with van der Waals surface area (Å²) in [6, 6.07) is 3.22. The highest BCUT2D eigenvalue weighted by Crippen LogP contribution is 2.35. The van der Waals surface area contributed by atoms with Crippen molar-refractivity contribution in [3.8, 4) is 5.75 Å². The molecule has 0 saturated carbocycles. The van der Waals surface area contributed by atoms with Crippen LogP contribution in [-0.2, 0) is 0 Å². The highest BCUT2D eigenvalue weighted by atomic mass is 35.5. The standard InChI is InChI=1S/C15H12Cl2N2O2/c1-15(2)6-12(10-3-4-18-7-13(10)21-15)19-8-9(16)5-11(17)14(19)20/h3-8H,1-2H3. The zero-order valence-electron chi connectivity index (χ0n) is 11.4. The number of rotatable bonds is 1. The number of ether oxygens (including phenoxy) is 1. The van der Waals surface area contributed by atoms with Gasteiger partial charge in [0, 0.05) is 18.0 Å². The van der Waals surface area contributed by atoms with Crippen LogP contribution >= 0.6 is 23.2 Å². The quantitative estimate of drug-likeness (QED) is 0.805.